The molecular weight excluding hydrogens is 346 g/mol. The Labute approximate surface area is 140 Å². The van der Waals surface area contributed by atoms with E-state index >= 15 is 0 Å². The first-order chi connectivity index (χ1) is 9.86. The molecule has 2 fully saturated rings. The topological polar surface area (TPSA) is 115 Å². The van der Waals surface area contributed by atoms with E-state index in [0.29, 0.717) is 18.4 Å². The van der Waals surface area contributed by atoms with Gasteiger partial charge >= 0.3 is 0 Å². The normalized spacial score (nSPS) is 30.1. The Morgan fingerprint density at radius 3 is 2.55 bits per heavy atom. The molecule has 1 amide bonds. The van der Waals surface area contributed by atoms with Crippen molar-refractivity contribution < 1.29 is 13.2 Å². The average molecular weight is 366 g/mol. The summed E-state index contributed by atoms with van der Waals surface area (Å²) in [7, 11) is -3.67. The number of hydrogen-bond acceptors (Lipinski definition) is 5. The third kappa shape index (κ3) is 3.30. The summed E-state index contributed by atoms with van der Waals surface area (Å²) in [6.45, 7) is 0.319. The summed E-state index contributed by atoms with van der Waals surface area (Å²) in [5.74, 6) is 0.788. The molecule has 2 aliphatic carbocycles. The number of hydrogen-bond donors (Lipinski definition) is 3. The van der Waals surface area contributed by atoms with Crippen LogP contribution in [-0.2, 0) is 21.4 Å². The number of sulfonamides is 1. The van der Waals surface area contributed by atoms with Gasteiger partial charge in [-0.2, -0.15) is 0 Å². The predicted octanol–water partition coefficient (Wildman–Crippen LogP) is 0.807. The van der Waals surface area contributed by atoms with Crippen molar-refractivity contribution in [2.75, 3.05) is 0 Å². The molecule has 3 rings (SSSR count). The van der Waals surface area contributed by atoms with Gasteiger partial charge in [0.2, 0.25) is 15.9 Å². The second kappa shape index (κ2) is 6.45. The van der Waals surface area contributed by atoms with E-state index in [1.807, 2.05) is 0 Å². The minimum absolute atomic E-state index is 0. The van der Waals surface area contributed by atoms with E-state index in [-0.39, 0.29) is 34.5 Å². The van der Waals surface area contributed by atoms with Gasteiger partial charge in [-0.05, 0) is 43.2 Å². The molecule has 5 N–H and O–H groups in total. The number of thiophene rings is 1. The van der Waals surface area contributed by atoms with Gasteiger partial charge in [0.05, 0.1) is 12.5 Å². The third-order valence-corrected chi connectivity index (χ3v) is 7.16. The predicted molar refractivity (Wildman–Crippen MR) is 87.1 cm³/mol. The van der Waals surface area contributed by atoms with Crippen molar-refractivity contribution in [3.63, 3.8) is 0 Å². The van der Waals surface area contributed by atoms with Gasteiger partial charge in [-0.3, -0.25) is 4.79 Å². The van der Waals surface area contributed by atoms with Crippen molar-refractivity contribution in [3.8, 4) is 0 Å². The highest BCUT2D eigenvalue weighted by atomic mass is 35.5. The number of nitrogens with two attached hydrogens (primary N) is 2. The fourth-order valence-electron chi connectivity index (χ4n) is 3.62. The van der Waals surface area contributed by atoms with Crippen LogP contribution in [0.15, 0.2) is 16.3 Å². The van der Waals surface area contributed by atoms with Crippen LogP contribution in [0.3, 0.4) is 0 Å². The molecular formula is C13H20ClN3O3S2. The van der Waals surface area contributed by atoms with Gasteiger partial charge in [0, 0.05) is 10.9 Å². The van der Waals surface area contributed by atoms with Crippen LogP contribution in [0.1, 0.15) is 24.1 Å². The van der Waals surface area contributed by atoms with Gasteiger partial charge < -0.3 is 11.1 Å². The minimum Gasteiger partial charge on any atom is -0.351 e. The molecule has 4 atom stereocenters. The Kier molecular flexibility index (Phi) is 5.18. The van der Waals surface area contributed by atoms with Crippen LogP contribution in [-0.4, -0.2) is 20.4 Å². The number of carbonyl (C=O) groups is 1. The van der Waals surface area contributed by atoms with Crippen molar-refractivity contribution in [2.45, 2.75) is 36.1 Å². The molecule has 2 aliphatic rings. The van der Waals surface area contributed by atoms with E-state index in [1.165, 1.54) is 6.07 Å². The second-order valence-electron chi connectivity index (χ2n) is 5.92. The molecule has 1 heterocycles. The number of halogens is 1. The SMILES string of the molecule is Cl.NC1C2CCC(C2)C1C(=O)NCc1ccc(S(N)(=O)=O)s1. The van der Waals surface area contributed by atoms with Crippen LogP contribution < -0.4 is 16.2 Å². The molecule has 124 valence electrons. The van der Waals surface area contributed by atoms with E-state index in [0.717, 1.165) is 35.5 Å². The fraction of sp³-hybridized carbons (Fsp3) is 0.615. The first-order valence-electron chi connectivity index (χ1n) is 7.01. The molecule has 2 saturated carbocycles. The largest absolute Gasteiger partial charge is 0.351 e. The molecule has 0 spiro atoms. The van der Waals surface area contributed by atoms with Gasteiger partial charge in [-0.1, -0.05) is 0 Å². The summed E-state index contributed by atoms with van der Waals surface area (Å²) in [6, 6.07) is 3.10. The van der Waals surface area contributed by atoms with Gasteiger partial charge in [0.25, 0.3) is 0 Å². The van der Waals surface area contributed by atoms with E-state index in [1.54, 1.807) is 6.07 Å². The first-order valence-corrected chi connectivity index (χ1v) is 9.37. The Hall–Kier alpha value is -0.670. The lowest BCUT2D eigenvalue weighted by Crippen LogP contribution is -2.45. The van der Waals surface area contributed by atoms with Crippen LogP contribution in [0.2, 0.25) is 0 Å². The highest BCUT2D eigenvalue weighted by Gasteiger charge is 2.48. The number of amides is 1. The zero-order valence-corrected chi connectivity index (χ0v) is 14.3. The average Bonchev–Trinajstić information content (AvgIpc) is 3.10. The number of fused-ring (bicyclic) bond motifs is 2. The lowest BCUT2D eigenvalue weighted by Gasteiger charge is -2.26. The monoisotopic (exact) mass is 365 g/mol. The number of nitrogens with one attached hydrogen (secondary N) is 1. The fourth-order valence-corrected chi connectivity index (χ4v) is 5.34. The maximum Gasteiger partial charge on any atom is 0.247 e. The molecule has 1 aromatic rings. The van der Waals surface area contributed by atoms with Gasteiger partial charge in [-0.25, -0.2) is 13.6 Å². The van der Waals surface area contributed by atoms with Crippen LogP contribution >= 0.6 is 23.7 Å². The lowest BCUT2D eigenvalue weighted by molar-refractivity contribution is -0.127. The molecule has 0 aliphatic heterocycles. The van der Waals surface area contributed by atoms with Crippen molar-refractivity contribution in [3.05, 3.63) is 17.0 Å². The number of primary sulfonamides is 1. The smallest absolute Gasteiger partial charge is 0.247 e. The molecule has 9 heteroatoms. The van der Waals surface area contributed by atoms with Crippen LogP contribution in [0.5, 0.6) is 0 Å². The van der Waals surface area contributed by atoms with Crippen molar-refractivity contribution in [2.24, 2.45) is 28.6 Å². The minimum atomic E-state index is -3.67. The Morgan fingerprint density at radius 1 is 1.32 bits per heavy atom. The van der Waals surface area contributed by atoms with E-state index < -0.39 is 10.0 Å². The summed E-state index contributed by atoms with van der Waals surface area (Å²) >= 11 is 1.08. The van der Waals surface area contributed by atoms with Gasteiger partial charge in [0.15, 0.2) is 0 Å². The molecule has 22 heavy (non-hydrogen) atoms. The highest BCUT2D eigenvalue weighted by molar-refractivity contribution is 7.91. The van der Waals surface area contributed by atoms with E-state index in [4.69, 9.17) is 10.9 Å². The highest BCUT2D eigenvalue weighted by Crippen LogP contribution is 2.47. The molecule has 1 aromatic heterocycles. The third-order valence-electron chi connectivity index (χ3n) is 4.64. The maximum absolute atomic E-state index is 12.3. The molecule has 2 bridgehead atoms. The molecule has 0 aromatic carbocycles. The molecule has 0 radical (unpaired) electrons. The van der Waals surface area contributed by atoms with E-state index in [9.17, 15) is 13.2 Å². The van der Waals surface area contributed by atoms with E-state index in [2.05, 4.69) is 5.32 Å². The Bertz CT molecular complexity index is 659. The standard InChI is InChI=1S/C13H19N3O3S2.ClH/c14-12-8-2-1-7(5-8)11(12)13(17)16-6-9-3-4-10(20-9)21(15,18)19;/h3-4,7-8,11-12H,1-2,5-6,14H2,(H,16,17)(H2,15,18,19);1H. The summed E-state index contributed by atoms with van der Waals surface area (Å²) in [5, 5.41) is 7.94. The Morgan fingerprint density at radius 2 is 2.00 bits per heavy atom. The zero-order chi connectivity index (χ0) is 15.2. The molecule has 0 saturated heterocycles. The van der Waals surface area contributed by atoms with Crippen LogP contribution in [0.25, 0.3) is 0 Å². The lowest BCUT2D eigenvalue weighted by atomic mass is 9.84. The van der Waals surface area contributed by atoms with Gasteiger partial charge in [-0.15, -0.1) is 23.7 Å². The van der Waals surface area contributed by atoms with Crippen molar-refractivity contribution in [1.82, 2.24) is 5.32 Å². The summed E-state index contributed by atoms with van der Waals surface area (Å²) < 4.78 is 22.5. The summed E-state index contributed by atoms with van der Waals surface area (Å²) in [6.07, 6.45) is 3.29. The molecule has 6 nitrogen and oxygen atoms in total. The van der Waals surface area contributed by atoms with Crippen LogP contribution in [0.4, 0.5) is 0 Å². The first kappa shape index (κ1) is 17.7. The zero-order valence-electron chi connectivity index (χ0n) is 11.9. The summed E-state index contributed by atoms with van der Waals surface area (Å²) in [4.78, 5) is 13.1. The van der Waals surface area contributed by atoms with Crippen LogP contribution in [0, 0.1) is 17.8 Å². The van der Waals surface area contributed by atoms with Gasteiger partial charge in [0.1, 0.15) is 4.21 Å². The summed E-state index contributed by atoms with van der Waals surface area (Å²) in [5.41, 5.74) is 6.14. The second-order valence-corrected chi connectivity index (χ2v) is 8.88. The van der Waals surface area contributed by atoms with Crippen molar-refractivity contribution >= 4 is 39.7 Å². The van der Waals surface area contributed by atoms with Crippen molar-refractivity contribution in [1.29, 1.82) is 0 Å². The molecule has 4 unspecified atom stereocenters. The quantitative estimate of drug-likeness (QED) is 0.732. The Balaban J connectivity index is 0.00000176. The maximum atomic E-state index is 12.3. The number of carbonyl (C=O) groups excluding carboxylic acids is 1. The number of rotatable bonds is 4.